The number of nitrogens with one attached hydrogen (secondary N) is 2. The third-order valence-corrected chi connectivity index (χ3v) is 7.55. The average molecular weight is 589 g/mol. The van der Waals surface area contributed by atoms with Crippen LogP contribution in [0.5, 0.6) is 23.0 Å². The van der Waals surface area contributed by atoms with Crippen molar-refractivity contribution in [3.8, 4) is 23.0 Å². The van der Waals surface area contributed by atoms with E-state index in [1.54, 1.807) is 31.2 Å². The Bertz CT molecular complexity index is 1120. The first-order valence-corrected chi connectivity index (χ1v) is 14.7. The molecule has 0 spiro atoms. The van der Waals surface area contributed by atoms with Gasteiger partial charge in [-0.05, 0) is 81.0 Å². The Kier molecular flexibility index (Phi) is 15.0. The molecule has 0 heterocycles. The predicted molar refractivity (Wildman–Crippen MR) is 161 cm³/mol. The molecule has 1 aliphatic rings. The molecule has 0 aromatic heterocycles. The van der Waals surface area contributed by atoms with Crippen LogP contribution in [-0.2, 0) is 16.0 Å². The molecule has 234 valence electrons. The zero-order valence-electron chi connectivity index (χ0n) is 25.3. The molecule has 3 rings (SSSR count). The maximum Gasteiger partial charge on any atom is 0.305 e. The molecular formula is C32H48N2O8. The first-order chi connectivity index (χ1) is 20.0. The van der Waals surface area contributed by atoms with Crippen LogP contribution in [0.3, 0.4) is 0 Å². The van der Waals surface area contributed by atoms with Crippen molar-refractivity contribution < 1.29 is 39.5 Å². The molecule has 2 aromatic carbocycles. The number of aliphatic hydroxyl groups is 1. The van der Waals surface area contributed by atoms with Crippen molar-refractivity contribution in [2.45, 2.75) is 89.8 Å². The molecule has 1 amide bonds. The Morgan fingerprint density at radius 1 is 0.976 bits per heavy atom. The molecule has 10 heteroatoms. The third-order valence-electron chi connectivity index (χ3n) is 7.55. The first kappa shape index (κ1) is 34.7. The molecular weight excluding hydrogens is 540 g/mol. The van der Waals surface area contributed by atoms with Gasteiger partial charge < -0.3 is 40.5 Å². The highest BCUT2D eigenvalue weighted by atomic mass is 16.5. The highest BCUT2D eigenvalue weighted by molar-refractivity contribution is 5.86. The molecule has 3 unspecified atom stereocenters. The SMILES string of the molecule is COc1ccc(C)cc1O.COc1ccc(CCCNC(CC(=O)O)C(=O)NC(C)C(O)CC2CCCCC2)cc1O. The van der Waals surface area contributed by atoms with E-state index in [-0.39, 0.29) is 17.9 Å². The second kappa shape index (κ2) is 18.1. The lowest BCUT2D eigenvalue weighted by atomic mass is 9.84. The number of ether oxygens (including phenoxy) is 2. The average Bonchev–Trinajstić information content (AvgIpc) is 2.95. The van der Waals surface area contributed by atoms with Gasteiger partial charge in [-0.15, -0.1) is 0 Å². The fourth-order valence-corrected chi connectivity index (χ4v) is 5.08. The molecule has 10 nitrogen and oxygen atoms in total. The largest absolute Gasteiger partial charge is 0.504 e. The molecule has 0 aliphatic heterocycles. The number of hydrogen-bond acceptors (Lipinski definition) is 8. The second-order valence-electron chi connectivity index (χ2n) is 11.0. The topological polar surface area (TPSA) is 158 Å². The van der Waals surface area contributed by atoms with E-state index in [4.69, 9.17) is 14.6 Å². The van der Waals surface area contributed by atoms with Crippen LogP contribution in [0, 0.1) is 12.8 Å². The minimum Gasteiger partial charge on any atom is -0.504 e. The monoisotopic (exact) mass is 588 g/mol. The summed E-state index contributed by atoms with van der Waals surface area (Å²) in [7, 11) is 3.02. The van der Waals surface area contributed by atoms with Crippen molar-refractivity contribution >= 4 is 11.9 Å². The molecule has 2 aromatic rings. The standard InChI is InChI=1S/C24H38N2O6.C8H10O2/c1-16(20(27)13-17-7-4-3-5-8-17)26-24(31)19(15-23(29)30)25-12-6-9-18-10-11-22(32-2)21(28)14-18;1-6-3-4-8(10-2)7(9)5-6/h10-11,14,16-17,19-20,25,27-28H,3-9,12-13,15H2,1-2H3,(H,26,31)(H,29,30);3-5,9H,1-2H3. The third kappa shape index (κ3) is 12.2. The number of aromatic hydroxyl groups is 2. The highest BCUT2D eigenvalue weighted by Crippen LogP contribution is 2.28. The lowest BCUT2D eigenvalue weighted by Gasteiger charge is -2.28. The number of aryl methyl sites for hydroxylation is 2. The maximum atomic E-state index is 12.7. The number of hydrogen-bond donors (Lipinski definition) is 6. The summed E-state index contributed by atoms with van der Waals surface area (Å²) in [6.45, 7) is 4.12. The van der Waals surface area contributed by atoms with E-state index in [1.165, 1.54) is 33.5 Å². The van der Waals surface area contributed by atoms with Gasteiger partial charge in [-0.25, -0.2) is 0 Å². The lowest BCUT2D eigenvalue weighted by molar-refractivity contribution is -0.140. The number of phenols is 2. The van der Waals surface area contributed by atoms with Crippen LogP contribution in [0.15, 0.2) is 36.4 Å². The number of carbonyl (C=O) groups excluding carboxylic acids is 1. The van der Waals surface area contributed by atoms with E-state index in [9.17, 15) is 24.9 Å². The Balaban J connectivity index is 0.000000518. The molecule has 1 fully saturated rings. The van der Waals surface area contributed by atoms with Crippen LogP contribution in [-0.4, -0.2) is 71.3 Å². The van der Waals surface area contributed by atoms with Gasteiger partial charge >= 0.3 is 5.97 Å². The minimum absolute atomic E-state index is 0.0712. The summed E-state index contributed by atoms with van der Waals surface area (Å²) in [5.41, 5.74) is 1.95. The molecule has 1 aliphatic carbocycles. The summed E-state index contributed by atoms with van der Waals surface area (Å²) in [5, 5.41) is 44.5. The Labute approximate surface area is 249 Å². The summed E-state index contributed by atoms with van der Waals surface area (Å²) in [6, 6.07) is 9.16. The summed E-state index contributed by atoms with van der Waals surface area (Å²) in [4.78, 5) is 23.9. The molecule has 0 saturated heterocycles. The van der Waals surface area contributed by atoms with E-state index >= 15 is 0 Å². The molecule has 0 radical (unpaired) electrons. The second-order valence-corrected chi connectivity index (χ2v) is 11.0. The van der Waals surface area contributed by atoms with Crippen molar-refractivity contribution in [3.05, 3.63) is 47.5 Å². The van der Waals surface area contributed by atoms with Gasteiger partial charge in [0.25, 0.3) is 0 Å². The summed E-state index contributed by atoms with van der Waals surface area (Å²) in [5.74, 6) is 0.209. The van der Waals surface area contributed by atoms with E-state index in [0.29, 0.717) is 43.2 Å². The Morgan fingerprint density at radius 3 is 2.17 bits per heavy atom. The van der Waals surface area contributed by atoms with Crippen LogP contribution >= 0.6 is 0 Å². The van der Waals surface area contributed by atoms with E-state index in [2.05, 4.69) is 10.6 Å². The first-order valence-electron chi connectivity index (χ1n) is 14.7. The zero-order valence-corrected chi connectivity index (χ0v) is 25.3. The molecule has 6 N–H and O–H groups in total. The van der Waals surface area contributed by atoms with Crippen LogP contribution in [0.2, 0.25) is 0 Å². The van der Waals surface area contributed by atoms with Crippen LogP contribution in [0.1, 0.15) is 69.4 Å². The zero-order chi connectivity index (χ0) is 31.1. The van der Waals surface area contributed by atoms with Crippen LogP contribution in [0.25, 0.3) is 0 Å². The Morgan fingerprint density at radius 2 is 1.60 bits per heavy atom. The molecule has 3 atom stereocenters. The van der Waals surface area contributed by atoms with Gasteiger partial charge in [-0.3, -0.25) is 9.59 Å². The quantitative estimate of drug-likeness (QED) is 0.177. The van der Waals surface area contributed by atoms with Crippen molar-refractivity contribution in [2.75, 3.05) is 20.8 Å². The van der Waals surface area contributed by atoms with Crippen LogP contribution < -0.4 is 20.1 Å². The van der Waals surface area contributed by atoms with Gasteiger partial charge in [0.2, 0.25) is 5.91 Å². The number of aliphatic carboxylic acids is 1. The van der Waals surface area contributed by atoms with E-state index in [0.717, 1.165) is 24.0 Å². The number of phenolic OH excluding ortho intramolecular Hbond substituents is 2. The van der Waals surface area contributed by atoms with Gasteiger partial charge in [-0.2, -0.15) is 0 Å². The van der Waals surface area contributed by atoms with Crippen molar-refractivity contribution in [1.29, 1.82) is 0 Å². The summed E-state index contributed by atoms with van der Waals surface area (Å²) in [6.07, 6.45) is 6.87. The Hall–Kier alpha value is -3.50. The number of carboxylic acid groups (broad SMARTS) is 1. The van der Waals surface area contributed by atoms with E-state index < -0.39 is 30.1 Å². The van der Waals surface area contributed by atoms with E-state index in [1.807, 2.05) is 19.1 Å². The van der Waals surface area contributed by atoms with Crippen LogP contribution in [0.4, 0.5) is 0 Å². The maximum absolute atomic E-state index is 12.7. The molecule has 0 bridgehead atoms. The number of amides is 1. The van der Waals surface area contributed by atoms with Crippen molar-refractivity contribution in [3.63, 3.8) is 0 Å². The normalized spacial score (nSPS) is 15.5. The van der Waals surface area contributed by atoms with Gasteiger partial charge in [0.15, 0.2) is 23.0 Å². The molecule has 1 saturated carbocycles. The number of carbonyl (C=O) groups is 2. The fraction of sp³-hybridized carbons (Fsp3) is 0.562. The van der Waals surface area contributed by atoms with Gasteiger partial charge in [0, 0.05) is 0 Å². The summed E-state index contributed by atoms with van der Waals surface area (Å²) >= 11 is 0. The number of methoxy groups -OCH3 is 2. The highest BCUT2D eigenvalue weighted by Gasteiger charge is 2.26. The number of aliphatic hydroxyl groups excluding tert-OH is 1. The van der Waals surface area contributed by atoms with Crippen molar-refractivity contribution in [1.82, 2.24) is 10.6 Å². The van der Waals surface area contributed by atoms with Gasteiger partial charge in [0.1, 0.15) is 0 Å². The lowest BCUT2D eigenvalue weighted by Crippen LogP contribution is -2.51. The number of carboxylic acids is 1. The van der Waals surface area contributed by atoms with Gasteiger partial charge in [0.05, 0.1) is 38.8 Å². The minimum atomic E-state index is -1.06. The van der Waals surface area contributed by atoms with Crippen molar-refractivity contribution in [2.24, 2.45) is 5.92 Å². The molecule has 42 heavy (non-hydrogen) atoms. The smallest absolute Gasteiger partial charge is 0.305 e. The number of rotatable bonds is 14. The predicted octanol–water partition coefficient (Wildman–Crippen LogP) is 4.31. The van der Waals surface area contributed by atoms with Gasteiger partial charge in [-0.1, -0.05) is 44.2 Å². The summed E-state index contributed by atoms with van der Waals surface area (Å²) < 4.78 is 9.88. The number of benzene rings is 2. The fourth-order valence-electron chi connectivity index (χ4n) is 5.08.